The van der Waals surface area contributed by atoms with Crippen LogP contribution in [-0.2, 0) is 5.60 Å². The summed E-state index contributed by atoms with van der Waals surface area (Å²) in [5.74, 6) is -0.828. The quantitative estimate of drug-likeness (QED) is 0.829. The van der Waals surface area contributed by atoms with Crippen LogP contribution in [0, 0.1) is 5.82 Å². The lowest BCUT2D eigenvalue weighted by atomic mass is 9.87. The van der Waals surface area contributed by atoms with Crippen LogP contribution in [0.3, 0.4) is 0 Å². The summed E-state index contributed by atoms with van der Waals surface area (Å²) < 4.78 is 52.4. The Hall–Kier alpha value is -1.40. The second-order valence-corrected chi connectivity index (χ2v) is 4.51. The third kappa shape index (κ3) is 2.02. The highest BCUT2D eigenvalue weighted by Gasteiger charge is 2.56. The molecule has 0 aliphatic heterocycles. The van der Waals surface area contributed by atoms with Gasteiger partial charge in [0.2, 0.25) is 5.60 Å². The molecule has 0 fully saturated rings. The summed E-state index contributed by atoms with van der Waals surface area (Å²) in [7, 11) is 0. The maximum Gasteiger partial charge on any atom is 0.425 e. The van der Waals surface area contributed by atoms with Gasteiger partial charge in [-0.1, -0.05) is 12.1 Å². The van der Waals surface area contributed by atoms with Crippen molar-refractivity contribution in [1.29, 1.82) is 0 Å². The predicted molar refractivity (Wildman–Crippen MR) is 59.8 cm³/mol. The van der Waals surface area contributed by atoms with Crippen LogP contribution >= 0.6 is 11.3 Å². The summed E-state index contributed by atoms with van der Waals surface area (Å²) in [6.07, 6.45) is -4.93. The molecule has 6 heteroatoms. The van der Waals surface area contributed by atoms with Crippen molar-refractivity contribution in [3.8, 4) is 0 Å². The van der Waals surface area contributed by atoms with Gasteiger partial charge in [0.05, 0.1) is 0 Å². The Kier molecular flexibility index (Phi) is 3.16. The fourth-order valence-corrected chi connectivity index (χ4v) is 2.38. The Balaban J connectivity index is 2.64. The molecule has 1 aromatic heterocycles. The third-order valence-electron chi connectivity index (χ3n) is 2.59. The number of aliphatic hydroxyl groups is 1. The van der Waals surface area contributed by atoms with Gasteiger partial charge in [0.25, 0.3) is 0 Å². The first kappa shape index (κ1) is 13.0. The normalized spacial score (nSPS) is 15.4. The van der Waals surface area contributed by atoms with Crippen LogP contribution < -0.4 is 0 Å². The van der Waals surface area contributed by atoms with Crippen molar-refractivity contribution >= 4 is 11.3 Å². The van der Waals surface area contributed by atoms with Crippen molar-refractivity contribution in [1.82, 2.24) is 0 Å². The molecule has 0 saturated carbocycles. The molecule has 1 nitrogen and oxygen atoms in total. The van der Waals surface area contributed by atoms with Gasteiger partial charge in [-0.05, 0) is 29.0 Å². The minimum atomic E-state index is -4.93. The van der Waals surface area contributed by atoms with Crippen LogP contribution in [0.5, 0.6) is 0 Å². The van der Waals surface area contributed by atoms with Gasteiger partial charge in [0, 0.05) is 11.1 Å². The van der Waals surface area contributed by atoms with E-state index in [-0.39, 0.29) is 5.56 Å². The highest BCUT2D eigenvalue weighted by molar-refractivity contribution is 7.08. The SMILES string of the molecule is OC(c1ccsc1)(c1cccc(F)c1)C(F)(F)F. The highest BCUT2D eigenvalue weighted by atomic mass is 32.1. The van der Waals surface area contributed by atoms with E-state index in [4.69, 9.17) is 0 Å². The lowest BCUT2D eigenvalue weighted by molar-refractivity contribution is -0.248. The molecule has 1 N–H and O–H groups in total. The highest BCUT2D eigenvalue weighted by Crippen LogP contribution is 2.44. The Labute approximate surface area is 104 Å². The van der Waals surface area contributed by atoms with E-state index in [1.165, 1.54) is 16.8 Å². The van der Waals surface area contributed by atoms with Crippen molar-refractivity contribution in [2.24, 2.45) is 0 Å². The van der Waals surface area contributed by atoms with E-state index < -0.39 is 23.2 Å². The maximum atomic E-state index is 13.1. The second kappa shape index (κ2) is 4.37. The maximum absolute atomic E-state index is 13.1. The summed E-state index contributed by atoms with van der Waals surface area (Å²) in [6, 6.07) is 5.06. The van der Waals surface area contributed by atoms with Crippen LogP contribution in [0.1, 0.15) is 11.1 Å². The van der Waals surface area contributed by atoms with Crippen LogP contribution in [0.4, 0.5) is 17.6 Å². The third-order valence-corrected chi connectivity index (χ3v) is 3.27. The van der Waals surface area contributed by atoms with E-state index in [1.807, 2.05) is 0 Å². The zero-order valence-corrected chi connectivity index (χ0v) is 9.73. The van der Waals surface area contributed by atoms with Crippen LogP contribution in [0.2, 0.25) is 0 Å². The molecule has 0 bridgehead atoms. The monoisotopic (exact) mass is 276 g/mol. The van der Waals surface area contributed by atoms with E-state index in [0.29, 0.717) is 6.07 Å². The Bertz CT molecular complexity index is 535. The van der Waals surface area contributed by atoms with Gasteiger partial charge in [-0.25, -0.2) is 4.39 Å². The molecule has 96 valence electrons. The van der Waals surface area contributed by atoms with E-state index in [1.54, 1.807) is 0 Å². The molecular weight excluding hydrogens is 268 g/mol. The van der Waals surface area contributed by atoms with Gasteiger partial charge in [0.1, 0.15) is 5.82 Å². The summed E-state index contributed by atoms with van der Waals surface area (Å²) in [4.78, 5) is 0. The molecule has 0 aliphatic rings. The van der Waals surface area contributed by atoms with E-state index >= 15 is 0 Å². The van der Waals surface area contributed by atoms with E-state index in [9.17, 15) is 22.7 Å². The van der Waals surface area contributed by atoms with Crippen LogP contribution in [0.15, 0.2) is 41.1 Å². The summed E-state index contributed by atoms with van der Waals surface area (Å²) in [5.41, 5.74) is -4.03. The standard InChI is InChI=1S/C12H8F4OS/c13-10-3-1-2-8(6-10)11(17,12(14,15)16)9-4-5-18-7-9/h1-7,17H. The molecule has 18 heavy (non-hydrogen) atoms. The zero-order valence-electron chi connectivity index (χ0n) is 8.91. The van der Waals surface area contributed by atoms with Crippen molar-refractivity contribution < 1.29 is 22.7 Å². The van der Waals surface area contributed by atoms with Gasteiger partial charge >= 0.3 is 6.18 Å². The first-order chi connectivity index (χ1) is 8.35. The molecule has 1 heterocycles. The fraction of sp³-hybridized carbons (Fsp3) is 0.167. The Morgan fingerprint density at radius 2 is 1.78 bits per heavy atom. The summed E-state index contributed by atoms with van der Waals surface area (Å²) in [5, 5.41) is 12.6. The topological polar surface area (TPSA) is 20.2 Å². The molecule has 0 aliphatic carbocycles. The minimum Gasteiger partial charge on any atom is -0.372 e. The van der Waals surface area contributed by atoms with Gasteiger partial charge in [-0.15, -0.1) is 0 Å². The first-order valence-corrected chi connectivity index (χ1v) is 5.88. The van der Waals surface area contributed by atoms with Crippen molar-refractivity contribution in [2.45, 2.75) is 11.8 Å². The molecule has 0 radical (unpaired) electrons. The number of halogens is 4. The van der Waals surface area contributed by atoms with Gasteiger partial charge in [-0.3, -0.25) is 0 Å². The summed E-state index contributed by atoms with van der Waals surface area (Å²) in [6.45, 7) is 0. The van der Waals surface area contributed by atoms with Crippen molar-refractivity contribution in [3.63, 3.8) is 0 Å². The first-order valence-electron chi connectivity index (χ1n) is 4.93. The fourth-order valence-electron chi connectivity index (χ4n) is 1.68. The Morgan fingerprint density at radius 3 is 2.28 bits per heavy atom. The molecule has 2 aromatic rings. The number of thiophene rings is 1. The average Bonchev–Trinajstić information content (AvgIpc) is 2.80. The van der Waals surface area contributed by atoms with Gasteiger partial charge in [-0.2, -0.15) is 24.5 Å². The van der Waals surface area contributed by atoms with Gasteiger partial charge < -0.3 is 5.11 Å². The largest absolute Gasteiger partial charge is 0.425 e. The second-order valence-electron chi connectivity index (χ2n) is 3.73. The molecule has 1 atom stereocenters. The molecule has 0 spiro atoms. The number of benzene rings is 1. The summed E-state index contributed by atoms with van der Waals surface area (Å²) >= 11 is 1.03. The average molecular weight is 276 g/mol. The van der Waals surface area contributed by atoms with Crippen LogP contribution in [-0.4, -0.2) is 11.3 Å². The molecule has 2 rings (SSSR count). The lowest BCUT2D eigenvalue weighted by Gasteiger charge is -2.30. The zero-order chi connectivity index (χ0) is 13.4. The Morgan fingerprint density at radius 1 is 1.06 bits per heavy atom. The number of hydrogen-bond acceptors (Lipinski definition) is 2. The molecular formula is C12H8F4OS. The number of alkyl halides is 3. The van der Waals surface area contributed by atoms with Crippen LogP contribution in [0.25, 0.3) is 0 Å². The molecule has 0 saturated heterocycles. The lowest BCUT2D eigenvalue weighted by Crippen LogP contribution is -2.43. The molecule has 1 aromatic carbocycles. The van der Waals surface area contributed by atoms with Crippen molar-refractivity contribution in [2.75, 3.05) is 0 Å². The smallest absolute Gasteiger partial charge is 0.372 e. The van der Waals surface area contributed by atoms with Crippen molar-refractivity contribution in [3.05, 3.63) is 58.0 Å². The van der Waals surface area contributed by atoms with E-state index in [0.717, 1.165) is 29.5 Å². The van der Waals surface area contributed by atoms with Gasteiger partial charge in [0.15, 0.2) is 0 Å². The molecule has 0 amide bonds. The predicted octanol–water partition coefficient (Wildman–Crippen LogP) is 3.69. The number of hydrogen-bond donors (Lipinski definition) is 1. The number of rotatable bonds is 2. The molecule has 1 unspecified atom stereocenters. The van der Waals surface area contributed by atoms with E-state index in [2.05, 4.69) is 0 Å². The minimum absolute atomic E-state index is 0.314.